The van der Waals surface area contributed by atoms with Crippen molar-refractivity contribution in [3.8, 4) is 5.69 Å². The molecule has 0 spiro atoms. The number of hydrogen-bond donors (Lipinski definition) is 1. The summed E-state index contributed by atoms with van der Waals surface area (Å²) in [6.07, 6.45) is 3.36. The van der Waals surface area contributed by atoms with E-state index in [1.807, 2.05) is 30.0 Å². The second-order valence-corrected chi connectivity index (χ2v) is 9.43. The van der Waals surface area contributed by atoms with Gasteiger partial charge in [0.05, 0.1) is 35.1 Å². The summed E-state index contributed by atoms with van der Waals surface area (Å²) in [5.74, 6) is -0.423. The fourth-order valence-electron chi connectivity index (χ4n) is 4.58. The lowest BCUT2D eigenvalue weighted by Crippen LogP contribution is -2.37. The largest absolute Gasteiger partial charge is 0.378 e. The molecule has 2 heterocycles. The SMILES string of the molecule is CCCCc1ccc(-n2nc3cc(C)c(NC(=O)c4cc([N+](=O)[O-])ccc4N4CCOCC4)cc3n2)cc1. The van der Waals surface area contributed by atoms with Crippen molar-refractivity contribution < 1.29 is 14.5 Å². The van der Waals surface area contributed by atoms with Gasteiger partial charge in [-0.1, -0.05) is 25.5 Å². The maximum Gasteiger partial charge on any atom is 0.270 e. The Morgan fingerprint density at radius 3 is 2.45 bits per heavy atom. The number of unbranched alkanes of at least 4 members (excludes halogenated alkanes) is 1. The van der Waals surface area contributed by atoms with Crippen LogP contribution in [0, 0.1) is 17.0 Å². The predicted octanol–water partition coefficient (Wildman–Crippen LogP) is 5.07. The molecular formula is C28H30N6O4. The van der Waals surface area contributed by atoms with Gasteiger partial charge in [-0.2, -0.15) is 4.80 Å². The monoisotopic (exact) mass is 514 g/mol. The molecule has 1 fully saturated rings. The molecule has 0 atom stereocenters. The highest BCUT2D eigenvalue weighted by Crippen LogP contribution is 2.29. The summed E-state index contributed by atoms with van der Waals surface area (Å²) in [7, 11) is 0. The van der Waals surface area contributed by atoms with E-state index in [-0.39, 0.29) is 11.3 Å². The fourth-order valence-corrected chi connectivity index (χ4v) is 4.58. The van der Waals surface area contributed by atoms with Crippen LogP contribution in [0.2, 0.25) is 0 Å². The molecule has 1 amide bonds. The molecular weight excluding hydrogens is 484 g/mol. The number of morpholine rings is 1. The van der Waals surface area contributed by atoms with Crippen LogP contribution in [-0.2, 0) is 11.2 Å². The molecule has 0 radical (unpaired) electrons. The molecule has 0 bridgehead atoms. The number of ether oxygens (including phenoxy) is 1. The molecule has 10 heteroatoms. The number of nitro groups is 1. The second kappa shape index (κ2) is 11.0. The van der Waals surface area contributed by atoms with E-state index >= 15 is 0 Å². The van der Waals surface area contributed by atoms with E-state index in [1.165, 1.54) is 17.7 Å². The van der Waals surface area contributed by atoms with Crippen molar-refractivity contribution in [2.24, 2.45) is 0 Å². The van der Waals surface area contributed by atoms with Crippen molar-refractivity contribution in [2.45, 2.75) is 33.1 Å². The number of fused-ring (bicyclic) bond motifs is 1. The third-order valence-corrected chi connectivity index (χ3v) is 6.75. The third-order valence-electron chi connectivity index (χ3n) is 6.75. The number of aryl methyl sites for hydroxylation is 2. The number of non-ortho nitro benzene ring substituents is 1. The highest BCUT2D eigenvalue weighted by molar-refractivity contribution is 6.09. The molecule has 5 rings (SSSR count). The zero-order valence-corrected chi connectivity index (χ0v) is 21.5. The van der Waals surface area contributed by atoms with E-state index in [0.717, 1.165) is 30.5 Å². The average Bonchev–Trinajstić information content (AvgIpc) is 3.35. The number of nitrogens with zero attached hydrogens (tertiary/aromatic N) is 5. The number of nitro benzene ring substituents is 1. The van der Waals surface area contributed by atoms with Crippen LogP contribution in [0.4, 0.5) is 17.1 Å². The van der Waals surface area contributed by atoms with Gasteiger partial charge in [0.25, 0.3) is 11.6 Å². The van der Waals surface area contributed by atoms with Gasteiger partial charge in [0.2, 0.25) is 0 Å². The van der Waals surface area contributed by atoms with E-state index in [9.17, 15) is 14.9 Å². The third kappa shape index (κ3) is 5.35. The van der Waals surface area contributed by atoms with Crippen LogP contribution >= 0.6 is 0 Å². The highest BCUT2D eigenvalue weighted by Gasteiger charge is 2.23. The van der Waals surface area contributed by atoms with Crippen LogP contribution in [-0.4, -0.2) is 52.1 Å². The lowest BCUT2D eigenvalue weighted by molar-refractivity contribution is -0.384. The summed E-state index contributed by atoms with van der Waals surface area (Å²) in [5.41, 5.74) is 5.62. The van der Waals surface area contributed by atoms with Crippen molar-refractivity contribution in [1.82, 2.24) is 15.0 Å². The normalized spacial score (nSPS) is 13.6. The number of aromatic nitrogens is 3. The number of benzene rings is 3. The van der Waals surface area contributed by atoms with Crippen LogP contribution in [0.3, 0.4) is 0 Å². The van der Waals surface area contributed by atoms with Crippen LogP contribution in [0.5, 0.6) is 0 Å². The van der Waals surface area contributed by atoms with Gasteiger partial charge >= 0.3 is 0 Å². The Labute approximate surface area is 220 Å². The van der Waals surface area contributed by atoms with Gasteiger partial charge in [0.15, 0.2) is 0 Å². The molecule has 0 saturated carbocycles. The molecule has 10 nitrogen and oxygen atoms in total. The lowest BCUT2D eigenvalue weighted by Gasteiger charge is -2.30. The Hall–Kier alpha value is -4.31. The number of rotatable bonds is 8. The summed E-state index contributed by atoms with van der Waals surface area (Å²) in [4.78, 5) is 28.0. The van der Waals surface area contributed by atoms with Gasteiger partial charge in [-0.05, 0) is 61.2 Å². The average molecular weight is 515 g/mol. The van der Waals surface area contributed by atoms with E-state index in [0.29, 0.717) is 48.7 Å². The molecule has 3 aromatic carbocycles. The van der Waals surface area contributed by atoms with Gasteiger partial charge in [0.1, 0.15) is 11.0 Å². The van der Waals surface area contributed by atoms with Gasteiger partial charge in [-0.3, -0.25) is 14.9 Å². The minimum atomic E-state index is -0.494. The highest BCUT2D eigenvalue weighted by atomic mass is 16.6. The molecule has 1 aliphatic heterocycles. The van der Waals surface area contributed by atoms with Crippen molar-refractivity contribution in [2.75, 3.05) is 36.5 Å². The van der Waals surface area contributed by atoms with E-state index in [1.54, 1.807) is 16.9 Å². The molecule has 1 aromatic heterocycles. The molecule has 1 aliphatic rings. The summed E-state index contributed by atoms with van der Waals surface area (Å²) in [6, 6.07) is 16.3. The fraction of sp³-hybridized carbons (Fsp3) is 0.321. The Morgan fingerprint density at radius 1 is 1.05 bits per heavy atom. The standard InChI is InChI=1S/C28H30N6O4/c1-3-4-5-20-6-8-21(9-7-20)33-30-25-16-19(2)24(18-26(25)31-33)29-28(35)23-17-22(34(36)37)10-11-27(23)32-12-14-38-15-13-32/h6-11,16-18H,3-5,12-15H2,1-2H3,(H,29,35). The zero-order valence-electron chi connectivity index (χ0n) is 21.5. The maximum atomic E-state index is 13.4. The van der Waals surface area contributed by atoms with Gasteiger partial charge in [-0.15, -0.1) is 10.2 Å². The first kappa shape index (κ1) is 25.3. The molecule has 196 valence electrons. The van der Waals surface area contributed by atoms with E-state index < -0.39 is 10.8 Å². The molecule has 1 saturated heterocycles. The Bertz CT molecular complexity index is 1470. The Kier molecular flexibility index (Phi) is 7.32. The zero-order chi connectivity index (χ0) is 26.6. The van der Waals surface area contributed by atoms with Crippen molar-refractivity contribution in [1.29, 1.82) is 0 Å². The Balaban J connectivity index is 1.42. The summed E-state index contributed by atoms with van der Waals surface area (Å²) >= 11 is 0. The van der Waals surface area contributed by atoms with E-state index in [4.69, 9.17) is 4.74 Å². The summed E-state index contributed by atoms with van der Waals surface area (Å²) in [6.45, 7) is 6.33. The summed E-state index contributed by atoms with van der Waals surface area (Å²) in [5, 5.41) is 23.6. The first-order valence-electron chi connectivity index (χ1n) is 12.8. The lowest BCUT2D eigenvalue weighted by atomic mass is 10.1. The molecule has 4 aromatic rings. The number of carbonyl (C=O) groups is 1. The predicted molar refractivity (Wildman–Crippen MR) is 146 cm³/mol. The quantitative estimate of drug-likeness (QED) is 0.258. The van der Waals surface area contributed by atoms with Crippen LogP contribution in [0.15, 0.2) is 54.6 Å². The topological polar surface area (TPSA) is 115 Å². The maximum absolute atomic E-state index is 13.4. The number of nitrogens with one attached hydrogen (secondary N) is 1. The molecule has 0 unspecified atom stereocenters. The summed E-state index contributed by atoms with van der Waals surface area (Å²) < 4.78 is 5.43. The number of anilines is 2. The van der Waals surface area contributed by atoms with Crippen molar-refractivity contribution in [3.05, 3.63) is 81.4 Å². The second-order valence-electron chi connectivity index (χ2n) is 9.43. The van der Waals surface area contributed by atoms with Crippen molar-refractivity contribution in [3.63, 3.8) is 0 Å². The van der Waals surface area contributed by atoms with Gasteiger partial charge in [-0.25, -0.2) is 0 Å². The van der Waals surface area contributed by atoms with Gasteiger partial charge < -0.3 is 15.0 Å². The Morgan fingerprint density at radius 2 is 1.76 bits per heavy atom. The number of amides is 1. The molecule has 38 heavy (non-hydrogen) atoms. The molecule has 0 aliphatic carbocycles. The van der Waals surface area contributed by atoms with Crippen molar-refractivity contribution >= 4 is 34.0 Å². The van der Waals surface area contributed by atoms with Crippen LogP contribution < -0.4 is 10.2 Å². The first-order chi connectivity index (χ1) is 18.4. The smallest absolute Gasteiger partial charge is 0.270 e. The van der Waals surface area contributed by atoms with Gasteiger partial charge in [0, 0.05) is 30.9 Å². The molecule has 1 N–H and O–H groups in total. The van der Waals surface area contributed by atoms with E-state index in [2.05, 4.69) is 34.6 Å². The van der Waals surface area contributed by atoms with Crippen LogP contribution in [0.25, 0.3) is 16.7 Å². The number of carbonyl (C=O) groups excluding carboxylic acids is 1. The van der Waals surface area contributed by atoms with Crippen LogP contribution in [0.1, 0.15) is 41.3 Å². The minimum Gasteiger partial charge on any atom is -0.378 e. The minimum absolute atomic E-state index is 0.136. The first-order valence-corrected chi connectivity index (χ1v) is 12.8. The number of hydrogen-bond acceptors (Lipinski definition) is 7.